The van der Waals surface area contributed by atoms with Crippen LogP contribution in [0.4, 0.5) is 0 Å². The zero-order chi connectivity index (χ0) is 8.10. The van der Waals surface area contributed by atoms with Gasteiger partial charge < -0.3 is 10.5 Å². The molecule has 0 spiro atoms. The lowest BCUT2D eigenvalue weighted by molar-refractivity contribution is 0.109. The molecular formula is C9H13NO. The average molecular weight is 151 g/mol. The van der Waals surface area contributed by atoms with Gasteiger partial charge in [-0.15, -0.1) is 0 Å². The fourth-order valence-corrected chi connectivity index (χ4v) is 0.930. The molecule has 1 rings (SSSR count). The number of ether oxygens (including phenoxy) is 1. The minimum Gasteiger partial charge on any atom is -0.366 e. The van der Waals surface area contributed by atoms with Crippen LogP contribution in [0, 0.1) is 0 Å². The number of rotatable bonds is 3. The summed E-state index contributed by atoms with van der Waals surface area (Å²) in [5.41, 5.74) is 6.79. The van der Waals surface area contributed by atoms with Crippen LogP contribution in [0.5, 0.6) is 0 Å². The monoisotopic (exact) mass is 151 g/mol. The van der Waals surface area contributed by atoms with E-state index in [1.807, 2.05) is 30.3 Å². The van der Waals surface area contributed by atoms with Gasteiger partial charge in [-0.25, -0.2) is 0 Å². The molecule has 2 N–H and O–H groups in total. The first-order valence-electron chi connectivity index (χ1n) is 3.65. The molecule has 0 radical (unpaired) electrons. The molecule has 11 heavy (non-hydrogen) atoms. The van der Waals surface area contributed by atoms with Gasteiger partial charge in [-0.05, 0) is 5.56 Å². The molecule has 0 heterocycles. The van der Waals surface area contributed by atoms with Gasteiger partial charge in [0.15, 0.2) is 0 Å². The highest BCUT2D eigenvalue weighted by atomic mass is 16.5. The Balaban J connectivity index is 2.51. The van der Waals surface area contributed by atoms with E-state index in [9.17, 15) is 0 Å². The summed E-state index contributed by atoms with van der Waals surface area (Å²) in [4.78, 5) is 0. The SMILES string of the molecule is CO[C@H](N)Cc1ccccc1. The molecule has 2 heteroatoms. The summed E-state index contributed by atoms with van der Waals surface area (Å²) < 4.78 is 4.93. The third-order valence-corrected chi connectivity index (χ3v) is 1.58. The maximum absolute atomic E-state index is 5.58. The Hall–Kier alpha value is -0.860. The van der Waals surface area contributed by atoms with E-state index in [-0.39, 0.29) is 6.23 Å². The number of hydrogen-bond acceptors (Lipinski definition) is 2. The van der Waals surface area contributed by atoms with Gasteiger partial charge in [-0.2, -0.15) is 0 Å². The Morgan fingerprint density at radius 3 is 2.55 bits per heavy atom. The maximum Gasteiger partial charge on any atom is 0.109 e. The third kappa shape index (κ3) is 2.70. The molecule has 0 bridgehead atoms. The van der Waals surface area contributed by atoms with Crippen molar-refractivity contribution in [2.75, 3.05) is 7.11 Å². The van der Waals surface area contributed by atoms with Crippen LogP contribution in [0.25, 0.3) is 0 Å². The number of methoxy groups -OCH3 is 1. The Labute approximate surface area is 67.0 Å². The first-order valence-corrected chi connectivity index (χ1v) is 3.65. The van der Waals surface area contributed by atoms with Crippen molar-refractivity contribution in [2.45, 2.75) is 12.6 Å². The molecule has 0 saturated carbocycles. The zero-order valence-corrected chi connectivity index (χ0v) is 6.66. The highest BCUT2D eigenvalue weighted by molar-refractivity contribution is 5.15. The minimum absolute atomic E-state index is 0.183. The summed E-state index contributed by atoms with van der Waals surface area (Å²) >= 11 is 0. The summed E-state index contributed by atoms with van der Waals surface area (Å²) in [6.07, 6.45) is 0.592. The van der Waals surface area contributed by atoms with Crippen molar-refractivity contribution >= 4 is 0 Å². The molecular weight excluding hydrogens is 138 g/mol. The molecule has 1 atom stereocenters. The predicted octanol–water partition coefficient (Wildman–Crippen LogP) is 1.16. The summed E-state index contributed by atoms with van der Waals surface area (Å²) in [5, 5.41) is 0. The first kappa shape index (κ1) is 8.24. The topological polar surface area (TPSA) is 35.2 Å². The molecule has 0 aliphatic rings. The van der Waals surface area contributed by atoms with E-state index in [1.165, 1.54) is 5.56 Å². The molecule has 0 fully saturated rings. The predicted molar refractivity (Wildman–Crippen MR) is 45.1 cm³/mol. The second-order valence-corrected chi connectivity index (χ2v) is 2.46. The van der Waals surface area contributed by atoms with Crippen molar-refractivity contribution < 1.29 is 4.74 Å². The molecule has 0 unspecified atom stereocenters. The Morgan fingerprint density at radius 2 is 2.00 bits per heavy atom. The lowest BCUT2D eigenvalue weighted by Crippen LogP contribution is -2.24. The standard InChI is InChI=1S/C9H13NO/c1-11-9(10)7-8-5-3-2-4-6-8/h2-6,9H,7,10H2,1H3/t9-/m0/s1. The third-order valence-electron chi connectivity index (χ3n) is 1.58. The molecule has 0 aliphatic heterocycles. The molecule has 60 valence electrons. The molecule has 2 nitrogen and oxygen atoms in total. The maximum atomic E-state index is 5.58. The van der Waals surface area contributed by atoms with E-state index in [4.69, 9.17) is 10.5 Å². The molecule has 1 aromatic carbocycles. The normalized spacial score (nSPS) is 12.9. The number of benzene rings is 1. The first-order chi connectivity index (χ1) is 5.33. The van der Waals surface area contributed by atoms with Crippen LogP contribution in [-0.2, 0) is 11.2 Å². The summed E-state index contributed by atoms with van der Waals surface area (Å²) in [7, 11) is 1.62. The largest absolute Gasteiger partial charge is 0.366 e. The van der Waals surface area contributed by atoms with Gasteiger partial charge in [0.05, 0.1) is 0 Å². The van der Waals surface area contributed by atoms with Gasteiger partial charge in [0.25, 0.3) is 0 Å². The zero-order valence-electron chi connectivity index (χ0n) is 6.66. The van der Waals surface area contributed by atoms with Gasteiger partial charge in [-0.1, -0.05) is 30.3 Å². The van der Waals surface area contributed by atoms with Crippen LogP contribution < -0.4 is 5.73 Å². The second kappa shape index (κ2) is 4.11. The summed E-state index contributed by atoms with van der Waals surface area (Å²) in [5.74, 6) is 0. The Kier molecular flexibility index (Phi) is 3.08. The van der Waals surface area contributed by atoms with Gasteiger partial charge in [0, 0.05) is 13.5 Å². The van der Waals surface area contributed by atoms with Gasteiger partial charge in [0.2, 0.25) is 0 Å². The van der Waals surface area contributed by atoms with Crippen molar-refractivity contribution in [1.82, 2.24) is 0 Å². The number of hydrogen-bond donors (Lipinski definition) is 1. The molecule has 0 aliphatic carbocycles. The van der Waals surface area contributed by atoms with Crippen molar-refractivity contribution in [3.63, 3.8) is 0 Å². The Morgan fingerprint density at radius 1 is 1.36 bits per heavy atom. The smallest absolute Gasteiger partial charge is 0.109 e. The van der Waals surface area contributed by atoms with Crippen LogP contribution in [0.1, 0.15) is 5.56 Å². The van der Waals surface area contributed by atoms with Crippen LogP contribution in [0.3, 0.4) is 0 Å². The van der Waals surface area contributed by atoms with Crippen LogP contribution in [-0.4, -0.2) is 13.3 Å². The van der Waals surface area contributed by atoms with Gasteiger partial charge in [0.1, 0.15) is 6.23 Å². The van der Waals surface area contributed by atoms with Gasteiger partial charge in [-0.3, -0.25) is 0 Å². The highest BCUT2D eigenvalue weighted by Crippen LogP contribution is 2.01. The second-order valence-electron chi connectivity index (χ2n) is 2.46. The van der Waals surface area contributed by atoms with E-state index >= 15 is 0 Å². The van der Waals surface area contributed by atoms with Gasteiger partial charge >= 0.3 is 0 Å². The van der Waals surface area contributed by atoms with E-state index in [2.05, 4.69) is 0 Å². The molecule has 0 amide bonds. The van der Waals surface area contributed by atoms with E-state index in [0.29, 0.717) is 0 Å². The van der Waals surface area contributed by atoms with E-state index < -0.39 is 0 Å². The molecule has 0 aromatic heterocycles. The molecule has 1 aromatic rings. The quantitative estimate of drug-likeness (QED) is 0.658. The van der Waals surface area contributed by atoms with Crippen molar-refractivity contribution in [2.24, 2.45) is 5.73 Å². The lowest BCUT2D eigenvalue weighted by Gasteiger charge is -2.08. The van der Waals surface area contributed by atoms with Crippen molar-refractivity contribution in [3.8, 4) is 0 Å². The van der Waals surface area contributed by atoms with Crippen LogP contribution >= 0.6 is 0 Å². The fraction of sp³-hybridized carbons (Fsp3) is 0.333. The number of nitrogens with two attached hydrogens (primary N) is 1. The van der Waals surface area contributed by atoms with Crippen LogP contribution in [0.15, 0.2) is 30.3 Å². The lowest BCUT2D eigenvalue weighted by atomic mass is 10.1. The fourth-order valence-electron chi connectivity index (χ4n) is 0.930. The summed E-state index contributed by atoms with van der Waals surface area (Å²) in [6.45, 7) is 0. The van der Waals surface area contributed by atoms with E-state index in [1.54, 1.807) is 7.11 Å². The molecule has 0 saturated heterocycles. The average Bonchev–Trinajstić information content (AvgIpc) is 2.06. The summed E-state index contributed by atoms with van der Waals surface area (Å²) in [6, 6.07) is 10.1. The highest BCUT2D eigenvalue weighted by Gasteiger charge is 1.99. The van der Waals surface area contributed by atoms with Crippen molar-refractivity contribution in [3.05, 3.63) is 35.9 Å². The van der Waals surface area contributed by atoms with Crippen molar-refractivity contribution in [1.29, 1.82) is 0 Å². The van der Waals surface area contributed by atoms with E-state index in [0.717, 1.165) is 6.42 Å². The van der Waals surface area contributed by atoms with Crippen LogP contribution in [0.2, 0.25) is 0 Å². The minimum atomic E-state index is -0.183. The Bertz CT molecular complexity index is 198.